The molecule has 0 fully saturated rings. The predicted molar refractivity (Wildman–Crippen MR) is 96.3 cm³/mol. The van der Waals surface area contributed by atoms with Crippen molar-refractivity contribution in [3.8, 4) is 0 Å². The normalized spacial score (nSPS) is 10.3. The van der Waals surface area contributed by atoms with E-state index in [9.17, 15) is 19.7 Å². The lowest BCUT2D eigenvalue weighted by atomic mass is 10.2. The van der Waals surface area contributed by atoms with E-state index in [0.717, 1.165) is 11.6 Å². The Labute approximate surface area is 159 Å². The van der Waals surface area contributed by atoms with Gasteiger partial charge in [0.25, 0.3) is 11.6 Å². The molecule has 0 aromatic heterocycles. The molecule has 0 heterocycles. The summed E-state index contributed by atoms with van der Waals surface area (Å²) in [5.41, 5.74) is 0.346. The number of hydrogen-bond acceptors (Lipinski definition) is 5. The lowest BCUT2D eigenvalue weighted by Crippen LogP contribution is -2.30. The number of carbonyl (C=O) groups is 2. The predicted octanol–water partition coefficient (Wildman–Crippen LogP) is 3.72. The molecule has 7 nitrogen and oxygen atoms in total. The number of nitro benzene ring substituents is 1. The van der Waals surface area contributed by atoms with E-state index >= 15 is 0 Å². The van der Waals surface area contributed by atoms with Crippen molar-refractivity contribution in [3.63, 3.8) is 0 Å². The molecule has 0 spiro atoms. The summed E-state index contributed by atoms with van der Waals surface area (Å²) >= 11 is 11.8. The van der Waals surface area contributed by atoms with E-state index in [1.165, 1.54) is 17.0 Å². The van der Waals surface area contributed by atoms with Crippen molar-refractivity contribution in [3.05, 3.63) is 73.8 Å². The Balaban J connectivity index is 1.97. The third-order valence-corrected chi connectivity index (χ3v) is 4.01. The Morgan fingerprint density at radius 1 is 1.19 bits per heavy atom. The summed E-state index contributed by atoms with van der Waals surface area (Å²) in [6, 6.07) is 10.4. The number of carbonyl (C=O) groups excluding carboxylic acids is 2. The van der Waals surface area contributed by atoms with Crippen LogP contribution < -0.4 is 0 Å². The smallest absolute Gasteiger partial charge is 0.340 e. The number of esters is 1. The monoisotopic (exact) mass is 396 g/mol. The molecule has 0 N–H and O–H groups in total. The fourth-order valence-electron chi connectivity index (χ4n) is 2.10. The Hall–Kier alpha value is -2.64. The highest BCUT2D eigenvalue weighted by Gasteiger charge is 2.19. The van der Waals surface area contributed by atoms with E-state index in [1.54, 1.807) is 25.2 Å². The molecule has 0 saturated heterocycles. The Kier molecular flexibility index (Phi) is 6.54. The molecule has 2 aromatic carbocycles. The lowest BCUT2D eigenvalue weighted by Gasteiger charge is -2.17. The third-order valence-electron chi connectivity index (χ3n) is 3.44. The fourth-order valence-corrected chi connectivity index (χ4v) is 2.50. The zero-order chi connectivity index (χ0) is 19.3. The average molecular weight is 397 g/mol. The second-order valence-electron chi connectivity index (χ2n) is 5.38. The van der Waals surface area contributed by atoms with Gasteiger partial charge in [0, 0.05) is 30.7 Å². The van der Waals surface area contributed by atoms with Crippen molar-refractivity contribution in [2.24, 2.45) is 0 Å². The van der Waals surface area contributed by atoms with Gasteiger partial charge in [-0.25, -0.2) is 4.79 Å². The van der Waals surface area contributed by atoms with Gasteiger partial charge in [0.2, 0.25) is 0 Å². The average Bonchev–Trinajstić information content (AvgIpc) is 2.59. The first-order valence-electron chi connectivity index (χ1n) is 7.37. The van der Waals surface area contributed by atoms with E-state index in [1.807, 2.05) is 6.07 Å². The van der Waals surface area contributed by atoms with E-state index in [0.29, 0.717) is 5.02 Å². The summed E-state index contributed by atoms with van der Waals surface area (Å²) in [6.07, 6.45) is 0. The van der Waals surface area contributed by atoms with Crippen molar-refractivity contribution in [1.29, 1.82) is 0 Å². The van der Waals surface area contributed by atoms with Gasteiger partial charge < -0.3 is 9.64 Å². The molecule has 0 unspecified atom stereocenters. The van der Waals surface area contributed by atoms with E-state index < -0.39 is 23.4 Å². The molecule has 0 aliphatic carbocycles. The first kappa shape index (κ1) is 19.7. The number of nitro groups is 1. The number of halogens is 2. The minimum Gasteiger partial charge on any atom is -0.452 e. The fraction of sp³-hybridized carbons (Fsp3) is 0.176. The van der Waals surface area contributed by atoms with Gasteiger partial charge in [-0.1, -0.05) is 35.3 Å². The summed E-state index contributed by atoms with van der Waals surface area (Å²) in [7, 11) is 1.55. The zero-order valence-corrected chi connectivity index (χ0v) is 15.2. The van der Waals surface area contributed by atoms with Crippen molar-refractivity contribution >= 4 is 40.8 Å². The van der Waals surface area contributed by atoms with Crippen LogP contribution in [0.3, 0.4) is 0 Å². The van der Waals surface area contributed by atoms with Gasteiger partial charge in [-0.15, -0.1) is 0 Å². The molecule has 0 atom stereocenters. The first-order valence-corrected chi connectivity index (χ1v) is 8.13. The highest BCUT2D eigenvalue weighted by atomic mass is 35.5. The van der Waals surface area contributed by atoms with Crippen molar-refractivity contribution in [2.45, 2.75) is 6.54 Å². The number of non-ortho nitro benzene ring substituents is 1. The van der Waals surface area contributed by atoms with E-state index in [-0.39, 0.29) is 22.8 Å². The third kappa shape index (κ3) is 5.18. The molecule has 2 rings (SSSR count). The van der Waals surface area contributed by atoms with Crippen LogP contribution >= 0.6 is 23.2 Å². The van der Waals surface area contributed by atoms with Crippen LogP contribution in [0.25, 0.3) is 0 Å². The van der Waals surface area contributed by atoms with E-state index in [2.05, 4.69) is 0 Å². The Morgan fingerprint density at radius 3 is 2.58 bits per heavy atom. The highest BCUT2D eigenvalue weighted by molar-refractivity contribution is 6.33. The zero-order valence-electron chi connectivity index (χ0n) is 13.6. The second-order valence-corrected chi connectivity index (χ2v) is 6.22. The summed E-state index contributed by atoms with van der Waals surface area (Å²) in [5, 5.41) is 11.3. The first-order chi connectivity index (χ1) is 12.3. The minimum absolute atomic E-state index is 0.000306. The number of likely N-dealkylation sites (N-methyl/N-ethyl adjacent to an activating group) is 1. The molecule has 0 bridgehead atoms. The molecule has 0 aliphatic heterocycles. The molecule has 0 radical (unpaired) electrons. The number of hydrogen-bond donors (Lipinski definition) is 0. The Morgan fingerprint density at radius 2 is 1.92 bits per heavy atom. The minimum atomic E-state index is -0.914. The maximum absolute atomic E-state index is 12.1. The quantitative estimate of drug-likeness (QED) is 0.421. The molecule has 9 heteroatoms. The standard InChI is InChI=1S/C17H14Cl2N2O5/c1-20(9-11-3-2-4-12(18)7-11)16(22)10-26-17(23)14-8-13(21(24)25)5-6-15(14)19/h2-8H,9-10H2,1H3. The number of amides is 1. The van der Waals surface area contributed by atoms with Crippen LogP contribution in [0.4, 0.5) is 5.69 Å². The Bertz CT molecular complexity index is 857. The van der Waals surface area contributed by atoms with Gasteiger partial charge in [-0.2, -0.15) is 0 Å². The lowest BCUT2D eigenvalue weighted by molar-refractivity contribution is -0.384. The topological polar surface area (TPSA) is 89.8 Å². The summed E-state index contributed by atoms with van der Waals surface area (Å²) in [4.78, 5) is 35.6. The maximum atomic E-state index is 12.1. The number of rotatable bonds is 6. The van der Waals surface area contributed by atoms with Gasteiger partial charge in [-0.3, -0.25) is 14.9 Å². The van der Waals surface area contributed by atoms with Crippen LogP contribution in [0.15, 0.2) is 42.5 Å². The second kappa shape index (κ2) is 8.64. The number of nitrogens with zero attached hydrogens (tertiary/aromatic N) is 2. The molecule has 2 aromatic rings. The van der Waals surface area contributed by atoms with Gasteiger partial charge in [0.15, 0.2) is 6.61 Å². The summed E-state index contributed by atoms with van der Waals surface area (Å²) < 4.78 is 4.92. The van der Waals surface area contributed by atoms with Gasteiger partial charge in [0.1, 0.15) is 0 Å². The van der Waals surface area contributed by atoms with Crippen LogP contribution in [0.5, 0.6) is 0 Å². The SMILES string of the molecule is CN(Cc1cccc(Cl)c1)C(=O)COC(=O)c1cc([N+](=O)[O-])ccc1Cl. The van der Waals surface area contributed by atoms with Crippen molar-refractivity contribution < 1.29 is 19.2 Å². The highest BCUT2D eigenvalue weighted by Crippen LogP contribution is 2.22. The van der Waals surface area contributed by atoms with Crippen LogP contribution in [-0.4, -0.2) is 35.4 Å². The van der Waals surface area contributed by atoms with Crippen LogP contribution in [0.1, 0.15) is 15.9 Å². The molecule has 26 heavy (non-hydrogen) atoms. The van der Waals surface area contributed by atoms with Gasteiger partial charge in [0.05, 0.1) is 15.5 Å². The van der Waals surface area contributed by atoms with Crippen LogP contribution in [0.2, 0.25) is 10.0 Å². The molecule has 1 amide bonds. The van der Waals surface area contributed by atoms with E-state index in [4.69, 9.17) is 27.9 Å². The summed E-state index contributed by atoms with van der Waals surface area (Å²) in [5.74, 6) is -1.36. The van der Waals surface area contributed by atoms with Gasteiger partial charge >= 0.3 is 5.97 Å². The molecule has 0 saturated carbocycles. The summed E-state index contributed by atoms with van der Waals surface area (Å²) in [6.45, 7) is -0.233. The van der Waals surface area contributed by atoms with Crippen LogP contribution in [0, 0.1) is 10.1 Å². The molecular weight excluding hydrogens is 383 g/mol. The van der Waals surface area contributed by atoms with Crippen LogP contribution in [-0.2, 0) is 16.1 Å². The maximum Gasteiger partial charge on any atom is 0.340 e. The van der Waals surface area contributed by atoms with Gasteiger partial charge in [-0.05, 0) is 23.8 Å². The number of ether oxygens (including phenoxy) is 1. The van der Waals surface area contributed by atoms with Crippen molar-refractivity contribution in [1.82, 2.24) is 4.90 Å². The largest absolute Gasteiger partial charge is 0.452 e. The number of benzene rings is 2. The molecular formula is C17H14Cl2N2O5. The van der Waals surface area contributed by atoms with Crippen molar-refractivity contribution in [2.75, 3.05) is 13.7 Å². The molecule has 0 aliphatic rings. The molecule has 136 valence electrons.